The Morgan fingerprint density at radius 2 is 2.16 bits per heavy atom. The van der Waals surface area contributed by atoms with Gasteiger partial charge in [-0.25, -0.2) is 9.97 Å². The van der Waals surface area contributed by atoms with Crippen LogP contribution in [0, 0.1) is 5.92 Å². The van der Waals surface area contributed by atoms with E-state index in [1.165, 1.54) is 0 Å². The van der Waals surface area contributed by atoms with Crippen LogP contribution in [0.25, 0.3) is 0 Å². The van der Waals surface area contributed by atoms with Gasteiger partial charge in [0.1, 0.15) is 16.2 Å². The molecule has 2 rings (SSSR count). The van der Waals surface area contributed by atoms with Crippen molar-refractivity contribution in [2.24, 2.45) is 11.7 Å². The lowest BCUT2D eigenvalue weighted by Crippen LogP contribution is -2.28. The average Bonchev–Trinajstić information content (AvgIpc) is 2.76. The first-order chi connectivity index (χ1) is 8.77. The third-order valence-electron chi connectivity index (χ3n) is 3.27. The zero-order valence-electron chi connectivity index (χ0n) is 11.5. The fourth-order valence-corrected chi connectivity index (χ4v) is 2.48. The number of primary amides is 1. The molecule has 1 fully saturated rings. The Morgan fingerprint density at radius 3 is 2.68 bits per heavy atom. The summed E-state index contributed by atoms with van der Waals surface area (Å²) in [7, 11) is 0. The van der Waals surface area contributed by atoms with Crippen molar-refractivity contribution >= 4 is 27.7 Å². The third-order valence-corrected chi connectivity index (χ3v) is 3.67. The minimum absolute atomic E-state index is 0.0770. The molecular weight excluding hydrogens is 308 g/mol. The van der Waals surface area contributed by atoms with Crippen LogP contribution in [-0.4, -0.2) is 29.0 Å². The van der Waals surface area contributed by atoms with Crippen LogP contribution in [0.5, 0.6) is 0 Å². The van der Waals surface area contributed by atoms with E-state index in [4.69, 9.17) is 5.73 Å². The summed E-state index contributed by atoms with van der Waals surface area (Å²) in [6.07, 6.45) is 0.793. The fourth-order valence-electron chi connectivity index (χ4n) is 2.10. The number of hydrogen-bond acceptors (Lipinski definition) is 4. The van der Waals surface area contributed by atoms with Crippen molar-refractivity contribution in [3.05, 3.63) is 16.5 Å². The van der Waals surface area contributed by atoms with Crippen LogP contribution >= 0.6 is 15.9 Å². The molecule has 1 aromatic rings. The summed E-state index contributed by atoms with van der Waals surface area (Å²) in [6, 6.07) is 1.89. The lowest BCUT2D eigenvalue weighted by molar-refractivity contribution is -0.121. The molecule has 2 heterocycles. The normalized spacial score (nSPS) is 19.8. The van der Waals surface area contributed by atoms with Crippen molar-refractivity contribution in [1.29, 1.82) is 0 Å². The number of anilines is 1. The van der Waals surface area contributed by atoms with Gasteiger partial charge >= 0.3 is 0 Å². The standard InChI is InChI=1S/C13H19BrN4O/c1-13(2,3)12-16-9(14)6-10(17-12)18-5-4-8(7-18)11(15)19/h6,8H,4-5,7H2,1-3H3,(H2,15,19). The van der Waals surface area contributed by atoms with E-state index in [9.17, 15) is 4.79 Å². The van der Waals surface area contributed by atoms with E-state index in [2.05, 4.69) is 51.6 Å². The smallest absolute Gasteiger partial charge is 0.222 e. The molecular formula is C13H19BrN4O. The van der Waals surface area contributed by atoms with Gasteiger partial charge in [-0.05, 0) is 22.4 Å². The summed E-state index contributed by atoms with van der Waals surface area (Å²) in [5, 5.41) is 0. The number of nitrogens with zero attached hydrogens (tertiary/aromatic N) is 3. The van der Waals surface area contributed by atoms with Gasteiger partial charge in [-0.3, -0.25) is 4.79 Å². The highest BCUT2D eigenvalue weighted by molar-refractivity contribution is 9.10. The molecule has 0 saturated carbocycles. The van der Waals surface area contributed by atoms with E-state index >= 15 is 0 Å². The molecule has 0 aromatic carbocycles. The Labute approximate surface area is 121 Å². The fraction of sp³-hybridized carbons (Fsp3) is 0.615. The molecule has 5 nitrogen and oxygen atoms in total. The monoisotopic (exact) mass is 326 g/mol. The lowest BCUT2D eigenvalue weighted by Gasteiger charge is -2.22. The van der Waals surface area contributed by atoms with Crippen molar-refractivity contribution in [1.82, 2.24) is 9.97 Å². The van der Waals surface area contributed by atoms with Gasteiger partial charge in [0.2, 0.25) is 5.91 Å². The summed E-state index contributed by atoms with van der Waals surface area (Å²) in [6.45, 7) is 7.68. The Morgan fingerprint density at radius 1 is 1.47 bits per heavy atom. The maximum atomic E-state index is 11.2. The number of nitrogens with two attached hydrogens (primary N) is 1. The summed E-state index contributed by atoms with van der Waals surface area (Å²) in [5.41, 5.74) is 5.25. The van der Waals surface area contributed by atoms with Crippen LogP contribution in [0.3, 0.4) is 0 Å². The summed E-state index contributed by atoms with van der Waals surface area (Å²) < 4.78 is 0.768. The predicted octanol–water partition coefficient (Wildman–Crippen LogP) is 1.85. The number of aromatic nitrogens is 2. The van der Waals surface area contributed by atoms with E-state index in [1.807, 2.05) is 6.07 Å². The van der Waals surface area contributed by atoms with Crippen LogP contribution in [-0.2, 0) is 10.2 Å². The number of carbonyl (C=O) groups excluding carboxylic acids is 1. The minimum atomic E-state index is -0.230. The molecule has 1 aliphatic rings. The number of rotatable bonds is 2. The molecule has 1 aromatic heterocycles. The second kappa shape index (κ2) is 5.07. The van der Waals surface area contributed by atoms with Crippen molar-refractivity contribution < 1.29 is 4.79 Å². The SMILES string of the molecule is CC(C)(C)c1nc(Br)cc(N2CCC(C(N)=O)C2)n1. The van der Waals surface area contributed by atoms with Gasteiger partial charge in [-0.2, -0.15) is 0 Å². The molecule has 1 aliphatic heterocycles. The van der Waals surface area contributed by atoms with Gasteiger partial charge in [0.05, 0.1) is 5.92 Å². The first-order valence-corrected chi connectivity index (χ1v) is 7.16. The van der Waals surface area contributed by atoms with Gasteiger partial charge < -0.3 is 10.6 Å². The summed E-state index contributed by atoms with van der Waals surface area (Å²) in [4.78, 5) is 22.4. The highest BCUT2D eigenvalue weighted by atomic mass is 79.9. The molecule has 1 unspecified atom stereocenters. The molecule has 2 N–H and O–H groups in total. The van der Waals surface area contributed by atoms with E-state index in [1.54, 1.807) is 0 Å². The average molecular weight is 327 g/mol. The topological polar surface area (TPSA) is 72.1 Å². The van der Waals surface area contributed by atoms with E-state index in [0.717, 1.165) is 29.2 Å². The molecule has 1 amide bonds. The van der Waals surface area contributed by atoms with Crippen LogP contribution in [0.4, 0.5) is 5.82 Å². The quantitative estimate of drug-likeness (QED) is 0.842. The van der Waals surface area contributed by atoms with Crippen LogP contribution in [0.15, 0.2) is 10.7 Å². The molecule has 0 bridgehead atoms. The number of hydrogen-bond donors (Lipinski definition) is 1. The van der Waals surface area contributed by atoms with Crippen LogP contribution < -0.4 is 10.6 Å². The summed E-state index contributed by atoms with van der Waals surface area (Å²) in [5.74, 6) is 1.34. The Balaban J connectivity index is 2.26. The largest absolute Gasteiger partial charge is 0.369 e. The Kier molecular flexibility index (Phi) is 3.80. The van der Waals surface area contributed by atoms with Crippen molar-refractivity contribution in [3.63, 3.8) is 0 Å². The molecule has 1 atom stereocenters. The summed E-state index contributed by atoms with van der Waals surface area (Å²) >= 11 is 3.43. The number of amides is 1. The predicted molar refractivity (Wildman–Crippen MR) is 77.9 cm³/mol. The zero-order valence-corrected chi connectivity index (χ0v) is 13.1. The van der Waals surface area contributed by atoms with Crippen molar-refractivity contribution in [2.45, 2.75) is 32.6 Å². The second-order valence-corrected chi connectivity index (χ2v) is 6.77. The Hall–Kier alpha value is -1.17. The molecule has 19 heavy (non-hydrogen) atoms. The third kappa shape index (κ3) is 3.23. The highest BCUT2D eigenvalue weighted by Crippen LogP contribution is 2.27. The number of halogens is 1. The van der Waals surface area contributed by atoms with Gasteiger partial charge in [-0.15, -0.1) is 0 Å². The van der Waals surface area contributed by atoms with Gasteiger partial charge in [-0.1, -0.05) is 20.8 Å². The minimum Gasteiger partial charge on any atom is -0.369 e. The first kappa shape index (κ1) is 14.2. The molecule has 1 saturated heterocycles. The van der Waals surface area contributed by atoms with Crippen molar-refractivity contribution in [3.8, 4) is 0 Å². The van der Waals surface area contributed by atoms with E-state index < -0.39 is 0 Å². The zero-order chi connectivity index (χ0) is 14.2. The lowest BCUT2D eigenvalue weighted by atomic mass is 9.96. The van der Waals surface area contributed by atoms with E-state index in [0.29, 0.717) is 6.54 Å². The molecule has 0 aliphatic carbocycles. The molecule has 0 radical (unpaired) electrons. The van der Waals surface area contributed by atoms with Gasteiger partial charge in [0.15, 0.2) is 0 Å². The number of carbonyl (C=O) groups is 1. The molecule has 104 valence electrons. The highest BCUT2D eigenvalue weighted by Gasteiger charge is 2.28. The van der Waals surface area contributed by atoms with Gasteiger partial charge in [0, 0.05) is 24.6 Å². The maximum absolute atomic E-state index is 11.2. The maximum Gasteiger partial charge on any atom is 0.222 e. The Bertz CT molecular complexity index is 498. The van der Waals surface area contributed by atoms with Crippen LogP contribution in [0.1, 0.15) is 33.0 Å². The molecule has 6 heteroatoms. The van der Waals surface area contributed by atoms with Crippen LogP contribution in [0.2, 0.25) is 0 Å². The van der Waals surface area contributed by atoms with Gasteiger partial charge in [0.25, 0.3) is 0 Å². The van der Waals surface area contributed by atoms with Crippen molar-refractivity contribution in [2.75, 3.05) is 18.0 Å². The van der Waals surface area contributed by atoms with E-state index in [-0.39, 0.29) is 17.2 Å². The molecule has 0 spiro atoms. The first-order valence-electron chi connectivity index (χ1n) is 6.36. The second-order valence-electron chi connectivity index (χ2n) is 5.96.